The zero-order valence-electron chi connectivity index (χ0n) is 20.7. The Morgan fingerprint density at radius 3 is 2.56 bits per heavy atom. The Labute approximate surface area is 220 Å². The summed E-state index contributed by atoms with van der Waals surface area (Å²) in [5, 5.41) is 35.2. The number of amides is 1. The van der Waals surface area contributed by atoms with Gasteiger partial charge in [-0.05, 0) is 44.2 Å². The molecule has 5 aromatic rings. The number of phenols is 1. The first-order chi connectivity index (χ1) is 18.8. The van der Waals surface area contributed by atoms with Gasteiger partial charge in [-0.25, -0.2) is 15.0 Å². The van der Waals surface area contributed by atoms with Crippen LogP contribution in [0.1, 0.15) is 28.8 Å². The molecule has 0 spiro atoms. The van der Waals surface area contributed by atoms with Crippen LogP contribution in [0.3, 0.4) is 0 Å². The van der Waals surface area contributed by atoms with Gasteiger partial charge < -0.3 is 15.4 Å². The summed E-state index contributed by atoms with van der Waals surface area (Å²) < 4.78 is 1.23. The van der Waals surface area contributed by atoms with Gasteiger partial charge in [0, 0.05) is 11.4 Å². The van der Waals surface area contributed by atoms with Gasteiger partial charge in [-0.2, -0.15) is 20.2 Å². The smallest absolute Gasteiger partial charge is 0.259 e. The molecule has 192 valence electrons. The van der Waals surface area contributed by atoms with Crippen molar-refractivity contribution in [3.05, 3.63) is 93.9 Å². The van der Waals surface area contributed by atoms with Crippen molar-refractivity contribution >= 4 is 28.3 Å². The molecule has 1 unspecified atom stereocenters. The number of nitrogens with one attached hydrogen (secondary N) is 2. The number of hydrogen-bond donors (Lipinski definition) is 3. The molecule has 0 aliphatic carbocycles. The highest BCUT2D eigenvalue weighted by atomic mass is 16.3. The third-order valence-electron chi connectivity index (χ3n) is 5.59. The number of carbonyl (C=O) groups is 1. The molecule has 0 bridgehead atoms. The maximum absolute atomic E-state index is 13.4. The van der Waals surface area contributed by atoms with Gasteiger partial charge in [-0.3, -0.25) is 9.59 Å². The quantitative estimate of drug-likeness (QED) is 0.224. The zero-order chi connectivity index (χ0) is 27.5. The number of azo groups is 1. The van der Waals surface area contributed by atoms with Crippen molar-refractivity contribution in [1.82, 2.24) is 29.7 Å². The van der Waals surface area contributed by atoms with Crippen molar-refractivity contribution in [2.24, 2.45) is 10.2 Å². The second-order valence-corrected chi connectivity index (χ2v) is 8.45. The van der Waals surface area contributed by atoms with Crippen molar-refractivity contribution in [2.75, 3.05) is 5.32 Å². The number of para-hydroxylation sites is 3. The van der Waals surface area contributed by atoms with Crippen LogP contribution in [0.25, 0.3) is 16.9 Å². The Kier molecular flexibility index (Phi) is 6.58. The summed E-state index contributed by atoms with van der Waals surface area (Å²) in [6.45, 7) is 3.57. The molecule has 3 aromatic heterocycles. The van der Waals surface area contributed by atoms with E-state index in [1.54, 1.807) is 56.3 Å². The number of aromatic hydroxyl groups is 1. The molecule has 1 atom stereocenters. The lowest BCUT2D eigenvalue weighted by Crippen LogP contribution is -2.24. The second kappa shape index (κ2) is 10.3. The SMILES string of the molecule is Cc1cc(C)nc(-n2ncc(C#N)c2N=NC(C(=O)Nc2ccccc2O)c2nc3ccccc3c(=O)[nH]2)n1. The molecule has 3 heterocycles. The molecular formula is C26H20N10O3. The van der Waals surface area contributed by atoms with E-state index < -0.39 is 17.5 Å². The predicted octanol–water partition coefficient (Wildman–Crippen LogP) is 3.56. The number of benzene rings is 2. The van der Waals surface area contributed by atoms with Gasteiger partial charge in [0.2, 0.25) is 6.04 Å². The molecule has 13 nitrogen and oxygen atoms in total. The maximum Gasteiger partial charge on any atom is 0.259 e. The third kappa shape index (κ3) is 5.07. The number of aromatic nitrogens is 6. The Bertz CT molecular complexity index is 1830. The monoisotopic (exact) mass is 520 g/mol. The predicted molar refractivity (Wildman–Crippen MR) is 140 cm³/mol. The lowest BCUT2D eigenvalue weighted by molar-refractivity contribution is -0.117. The minimum Gasteiger partial charge on any atom is -0.506 e. The number of aromatic amines is 1. The molecule has 13 heteroatoms. The van der Waals surface area contributed by atoms with Crippen molar-refractivity contribution in [3.63, 3.8) is 0 Å². The van der Waals surface area contributed by atoms with Crippen LogP contribution in [0.2, 0.25) is 0 Å². The summed E-state index contributed by atoms with van der Waals surface area (Å²) in [5.41, 5.74) is 1.40. The van der Waals surface area contributed by atoms with Crippen LogP contribution in [-0.2, 0) is 4.79 Å². The normalized spacial score (nSPS) is 11.9. The Hall–Kier alpha value is -5.77. The first-order valence-electron chi connectivity index (χ1n) is 11.6. The Morgan fingerprint density at radius 1 is 1.10 bits per heavy atom. The molecule has 0 radical (unpaired) electrons. The molecule has 0 aliphatic rings. The van der Waals surface area contributed by atoms with E-state index >= 15 is 0 Å². The van der Waals surface area contributed by atoms with Gasteiger partial charge in [0.1, 0.15) is 23.2 Å². The largest absolute Gasteiger partial charge is 0.506 e. The molecule has 0 aliphatic heterocycles. The fraction of sp³-hybridized carbons (Fsp3) is 0.115. The van der Waals surface area contributed by atoms with Gasteiger partial charge in [-0.1, -0.05) is 24.3 Å². The van der Waals surface area contributed by atoms with Crippen molar-refractivity contribution < 1.29 is 9.90 Å². The van der Waals surface area contributed by atoms with Gasteiger partial charge in [0.25, 0.3) is 17.4 Å². The second-order valence-electron chi connectivity index (χ2n) is 8.45. The Balaban J connectivity index is 1.62. The van der Waals surface area contributed by atoms with E-state index in [9.17, 15) is 20.0 Å². The standard InChI is InChI=1S/C26H20N10O3/c1-14-11-15(2)30-26(29-14)36-23(16(12-27)13-28-36)35-34-21(25(39)32-19-9-5-6-10-20(19)37)22-31-18-8-4-3-7-17(18)24(38)33-22/h3-11,13,21,37H,1-2H3,(H,32,39)(H,31,33,38). The van der Waals surface area contributed by atoms with E-state index in [2.05, 4.69) is 40.6 Å². The Morgan fingerprint density at radius 2 is 1.82 bits per heavy atom. The first kappa shape index (κ1) is 24.9. The van der Waals surface area contributed by atoms with Crippen LogP contribution in [-0.4, -0.2) is 40.7 Å². The molecule has 5 rings (SSSR count). The van der Waals surface area contributed by atoms with Crippen LogP contribution in [0.15, 0.2) is 75.8 Å². The molecule has 0 saturated carbocycles. The number of rotatable bonds is 6. The summed E-state index contributed by atoms with van der Waals surface area (Å²) in [6.07, 6.45) is 1.28. The van der Waals surface area contributed by atoms with E-state index in [4.69, 9.17) is 0 Å². The number of nitrogens with zero attached hydrogens (tertiary/aromatic N) is 8. The molecule has 2 aromatic carbocycles. The van der Waals surface area contributed by atoms with Gasteiger partial charge in [0.05, 0.1) is 22.8 Å². The zero-order valence-corrected chi connectivity index (χ0v) is 20.7. The van der Waals surface area contributed by atoms with E-state index in [1.807, 2.05) is 6.07 Å². The van der Waals surface area contributed by atoms with Crippen molar-refractivity contribution in [1.29, 1.82) is 5.26 Å². The maximum atomic E-state index is 13.4. The van der Waals surface area contributed by atoms with E-state index in [1.165, 1.54) is 23.0 Å². The number of nitriles is 1. The highest BCUT2D eigenvalue weighted by Crippen LogP contribution is 2.27. The molecular weight excluding hydrogens is 500 g/mol. The highest BCUT2D eigenvalue weighted by Gasteiger charge is 2.26. The van der Waals surface area contributed by atoms with Crippen molar-refractivity contribution in [2.45, 2.75) is 19.9 Å². The number of hydrogen-bond acceptors (Lipinski definition) is 10. The summed E-state index contributed by atoms with van der Waals surface area (Å²) in [7, 11) is 0. The van der Waals surface area contributed by atoms with Crippen LogP contribution < -0.4 is 10.9 Å². The third-order valence-corrected chi connectivity index (χ3v) is 5.59. The molecule has 0 fully saturated rings. The van der Waals surface area contributed by atoms with Crippen molar-refractivity contribution in [3.8, 4) is 17.8 Å². The minimum absolute atomic E-state index is 0.0222. The summed E-state index contributed by atoms with van der Waals surface area (Å²) >= 11 is 0. The number of fused-ring (bicyclic) bond motifs is 1. The highest BCUT2D eigenvalue weighted by molar-refractivity contribution is 5.96. The summed E-state index contributed by atoms with van der Waals surface area (Å²) in [4.78, 5) is 41.9. The average molecular weight is 521 g/mol. The topological polar surface area (TPSA) is 187 Å². The molecule has 3 N–H and O–H groups in total. The summed E-state index contributed by atoms with van der Waals surface area (Å²) in [5.74, 6) is -0.867. The fourth-order valence-corrected chi connectivity index (χ4v) is 3.82. The van der Waals surface area contributed by atoms with E-state index in [0.29, 0.717) is 22.3 Å². The molecule has 1 amide bonds. The first-order valence-corrected chi connectivity index (χ1v) is 11.6. The van der Waals surface area contributed by atoms with Crippen LogP contribution in [0, 0.1) is 25.2 Å². The molecule has 0 saturated heterocycles. The van der Waals surface area contributed by atoms with Crippen LogP contribution >= 0.6 is 0 Å². The van der Waals surface area contributed by atoms with Crippen LogP contribution in [0.5, 0.6) is 5.75 Å². The van der Waals surface area contributed by atoms with Gasteiger partial charge in [-0.15, -0.1) is 5.11 Å². The number of anilines is 1. The number of carbonyl (C=O) groups excluding carboxylic acids is 1. The number of phenolic OH excluding ortho intramolecular Hbond substituents is 1. The van der Waals surface area contributed by atoms with E-state index in [0.717, 1.165) is 0 Å². The molecule has 39 heavy (non-hydrogen) atoms. The van der Waals surface area contributed by atoms with Crippen LogP contribution in [0.4, 0.5) is 11.5 Å². The van der Waals surface area contributed by atoms with Gasteiger partial charge >= 0.3 is 0 Å². The van der Waals surface area contributed by atoms with Gasteiger partial charge in [0.15, 0.2) is 5.82 Å². The lowest BCUT2D eigenvalue weighted by atomic mass is 10.2. The summed E-state index contributed by atoms with van der Waals surface area (Å²) in [6, 6.07) is 15.1. The number of H-pyrrole nitrogens is 1. The lowest BCUT2D eigenvalue weighted by Gasteiger charge is -2.13. The average Bonchev–Trinajstić information content (AvgIpc) is 3.33. The van der Waals surface area contributed by atoms with E-state index in [-0.39, 0.29) is 34.6 Å². The fourth-order valence-electron chi connectivity index (χ4n) is 3.82. The number of aryl methyl sites for hydroxylation is 2. The minimum atomic E-state index is -1.48.